The van der Waals surface area contributed by atoms with Crippen molar-refractivity contribution < 1.29 is 66.1 Å². The van der Waals surface area contributed by atoms with E-state index in [0.29, 0.717) is 49.9 Å². The van der Waals surface area contributed by atoms with Gasteiger partial charge in [-0.05, 0) is 45.6 Å². The van der Waals surface area contributed by atoms with Gasteiger partial charge < -0.3 is 43.6 Å². The molecule has 1 unspecified atom stereocenters. The highest BCUT2D eigenvalue weighted by Crippen LogP contribution is 2.44. The number of carboxylic acids is 1. The van der Waals surface area contributed by atoms with Crippen molar-refractivity contribution in [2.24, 2.45) is 0 Å². The number of piperazine rings is 1. The number of carbonyl (C=O) groups excluding carboxylic acids is 4. The second kappa shape index (κ2) is 20.5. The van der Waals surface area contributed by atoms with Gasteiger partial charge in [0.1, 0.15) is 36.5 Å². The summed E-state index contributed by atoms with van der Waals surface area (Å²) in [7, 11) is 1.45. The van der Waals surface area contributed by atoms with Crippen LogP contribution in [-0.4, -0.2) is 72.4 Å². The van der Waals surface area contributed by atoms with E-state index in [9.17, 15) is 32.3 Å². The van der Waals surface area contributed by atoms with Crippen LogP contribution in [0.15, 0.2) is 23.3 Å². The van der Waals surface area contributed by atoms with Crippen molar-refractivity contribution in [1.29, 1.82) is 0 Å². The maximum atomic E-state index is 16.0. The summed E-state index contributed by atoms with van der Waals surface area (Å²) in [6, 6.07) is 1.37. The molecule has 1 saturated heterocycles. The van der Waals surface area contributed by atoms with Gasteiger partial charge in [0.2, 0.25) is 5.43 Å². The molecule has 2 aliphatic rings. The van der Waals surface area contributed by atoms with E-state index in [1.54, 1.807) is 11.5 Å². The van der Waals surface area contributed by atoms with Crippen LogP contribution in [0.25, 0.3) is 10.9 Å². The Morgan fingerprint density at radius 2 is 1.64 bits per heavy atom. The Labute approximate surface area is 337 Å². The average molecular weight is 829 g/mol. The predicted molar refractivity (Wildman–Crippen MR) is 201 cm³/mol. The number of unbranched alkanes of at least 4 members (excludes halogenated alkanes) is 2. The van der Waals surface area contributed by atoms with Gasteiger partial charge in [-0.2, -0.15) is 13.2 Å². The van der Waals surface area contributed by atoms with Crippen LogP contribution >= 0.6 is 0 Å². The predicted octanol–water partition coefficient (Wildman–Crippen LogP) is 3.17. The number of alkyl halides is 3. The van der Waals surface area contributed by atoms with E-state index in [0.717, 1.165) is 19.4 Å². The summed E-state index contributed by atoms with van der Waals surface area (Å²) in [5, 5.41) is 11.0. The van der Waals surface area contributed by atoms with Crippen LogP contribution in [0.1, 0.15) is 91.5 Å². The zero-order valence-corrected chi connectivity index (χ0v) is 32.7. The number of aromatic nitrogens is 2. The number of anilines is 1. The molecule has 2 fully saturated rings. The van der Waals surface area contributed by atoms with Gasteiger partial charge in [-0.3, -0.25) is 19.4 Å². The number of halogens is 4. The van der Waals surface area contributed by atoms with Crippen molar-refractivity contribution in [2.75, 3.05) is 31.6 Å². The molecule has 18 heteroatoms. The minimum absolute atomic E-state index is 0.0162. The van der Waals surface area contributed by atoms with Gasteiger partial charge in [-0.15, -0.1) is 24.7 Å². The Balaban J connectivity index is 0.00000101. The second-order valence-corrected chi connectivity index (χ2v) is 13.9. The third kappa shape index (κ3) is 12.0. The Morgan fingerprint density at radius 3 is 2.19 bits per heavy atom. The lowest BCUT2D eigenvalue weighted by molar-refractivity contribution is -0.687. The lowest BCUT2D eigenvalue weighted by Gasteiger charge is -2.33. The number of pyridine rings is 2. The zero-order valence-electron chi connectivity index (χ0n) is 32.7. The lowest BCUT2D eigenvalue weighted by atomic mass is 10.1. The Bertz CT molecular complexity index is 2210. The summed E-state index contributed by atoms with van der Waals surface area (Å²) in [6.45, 7) is 5.02. The molecule has 59 heavy (non-hydrogen) atoms. The van der Waals surface area contributed by atoms with Crippen molar-refractivity contribution in [3.05, 3.63) is 56.9 Å². The van der Waals surface area contributed by atoms with Crippen LogP contribution in [0.5, 0.6) is 11.5 Å². The van der Waals surface area contributed by atoms with Gasteiger partial charge in [0, 0.05) is 55.2 Å². The van der Waals surface area contributed by atoms with E-state index in [-0.39, 0.29) is 77.5 Å². The second-order valence-electron chi connectivity index (χ2n) is 13.9. The summed E-state index contributed by atoms with van der Waals surface area (Å²) in [6.07, 6.45) is 11.7. The van der Waals surface area contributed by atoms with Gasteiger partial charge in [0.15, 0.2) is 17.3 Å². The summed E-state index contributed by atoms with van der Waals surface area (Å²) in [5.41, 5.74) is 0.454. The number of hydrogen-bond acceptors (Lipinski definition) is 12. The fraction of sp³-hybridized carbons (Fsp3) is 0.463. The SMILES string of the molecule is C#CCCCC(=O)OCc1cnc(C)c(OC(=O)c2cn(C3CC3)c3c(OC)c(N4CC[NH2+]C(C)C4)c(F)cc3c2=O)c1COC(=O)CCCC#C.O=C([O-])C(F)(F)F. The van der Waals surface area contributed by atoms with Gasteiger partial charge >= 0.3 is 24.1 Å². The zero-order chi connectivity index (χ0) is 43.4. The number of aryl methyl sites for hydroxylation is 1. The number of rotatable bonds is 15. The number of nitrogens with two attached hydrogens (primary N) is 1. The number of terminal acetylenes is 2. The highest BCUT2D eigenvalue weighted by Gasteiger charge is 2.34. The molecule has 0 bridgehead atoms. The molecule has 5 rings (SSSR count). The molecule has 316 valence electrons. The van der Waals surface area contributed by atoms with Gasteiger partial charge in [-0.25, -0.2) is 9.18 Å². The van der Waals surface area contributed by atoms with E-state index in [1.165, 1.54) is 25.6 Å². The number of nitrogens with zero attached hydrogens (tertiary/aromatic N) is 3. The Kier molecular flexibility index (Phi) is 15.8. The summed E-state index contributed by atoms with van der Waals surface area (Å²) in [4.78, 5) is 68.0. The summed E-state index contributed by atoms with van der Waals surface area (Å²) >= 11 is 0. The molecular weight excluding hydrogens is 784 g/mol. The largest absolute Gasteiger partial charge is 0.542 e. The van der Waals surface area contributed by atoms with Crippen molar-refractivity contribution in [2.45, 2.75) is 96.7 Å². The number of benzene rings is 1. The van der Waals surface area contributed by atoms with Crippen molar-refractivity contribution in [3.8, 4) is 36.2 Å². The first-order chi connectivity index (χ1) is 28.0. The molecule has 14 nitrogen and oxygen atoms in total. The van der Waals surface area contributed by atoms with Crippen molar-refractivity contribution in [1.82, 2.24) is 9.55 Å². The number of fused-ring (bicyclic) bond motifs is 1. The molecule has 3 heterocycles. The molecule has 1 atom stereocenters. The number of hydrogen-bond donors (Lipinski definition) is 1. The monoisotopic (exact) mass is 828 g/mol. The minimum Gasteiger partial charge on any atom is -0.542 e. The van der Waals surface area contributed by atoms with Gasteiger partial charge in [-0.1, -0.05) is 0 Å². The van der Waals surface area contributed by atoms with Crippen molar-refractivity contribution in [3.63, 3.8) is 0 Å². The van der Waals surface area contributed by atoms with Crippen LogP contribution < -0.4 is 30.2 Å². The molecule has 1 aromatic carbocycles. The fourth-order valence-corrected chi connectivity index (χ4v) is 6.31. The number of quaternary nitrogens is 1. The normalized spacial score (nSPS) is 14.9. The first-order valence-electron chi connectivity index (χ1n) is 18.7. The smallest absolute Gasteiger partial charge is 0.430 e. The number of carboxylic acid groups (broad SMARTS) is 1. The fourth-order valence-electron chi connectivity index (χ4n) is 6.31. The molecular formula is C41H44F4N4O10. The molecule has 3 aromatic rings. The quantitative estimate of drug-likeness (QED) is 0.102. The van der Waals surface area contributed by atoms with Gasteiger partial charge in [0.25, 0.3) is 0 Å². The van der Waals surface area contributed by atoms with Crippen LogP contribution in [0.2, 0.25) is 0 Å². The highest BCUT2D eigenvalue weighted by atomic mass is 19.4. The first-order valence-corrected chi connectivity index (χ1v) is 18.7. The molecule has 2 aromatic heterocycles. The topological polar surface area (TPSA) is 183 Å². The van der Waals surface area contributed by atoms with Crippen molar-refractivity contribution >= 4 is 40.5 Å². The molecule has 1 aliphatic heterocycles. The third-order valence-corrected chi connectivity index (χ3v) is 9.36. The third-order valence-electron chi connectivity index (χ3n) is 9.36. The van der Waals surface area contributed by atoms with E-state index in [2.05, 4.69) is 29.1 Å². The van der Waals surface area contributed by atoms with E-state index >= 15 is 4.39 Å². The van der Waals surface area contributed by atoms with E-state index in [4.69, 9.17) is 41.7 Å². The highest BCUT2D eigenvalue weighted by molar-refractivity contribution is 5.98. The van der Waals surface area contributed by atoms with Crippen LogP contribution in [0, 0.1) is 37.4 Å². The molecule has 0 radical (unpaired) electrons. The number of ether oxygens (including phenoxy) is 4. The molecule has 2 N–H and O–H groups in total. The van der Waals surface area contributed by atoms with Crippen LogP contribution in [0.3, 0.4) is 0 Å². The summed E-state index contributed by atoms with van der Waals surface area (Å²) < 4.78 is 72.0. The number of carbonyl (C=O) groups is 4. The van der Waals surface area contributed by atoms with Crippen LogP contribution in [-0.2, 0) is 37.1 Å². The summed E-state index contributed by atoms with van der Waals surface area (Å²) in [5.74, 6) is -0.559. The number of methoxy groups -OCH3 is 1. The molecule has 1 aliphatic carbocycles. The van der Waals surface area contributed by atoms with Crippen LogP contribution in [0.4, 0.5) is 23.2 Å². The maximum absolute atomic E-state index is 16.0. The number of esters is 3. The Hall–Kier alpha value is -6.14. The number of aliphatic carboxylic acids is 1. The molecule has 0 amide bonds. The molecule has 1 saturated carbocycles. The Morgan fingerprint density at radius 1 is 1.03 bits per heavy atom. The maximum Gasteiger partial charge on any atom is 0.430 e. The lowest BCUT2D eigenvalue weighted by Crippen LogP contribution is -2.94. The standard InChI is InChI=1S/C39H43FN4O8.C2HF3O2/c1-6-8-10-12-32(45)50-22-26-19-42-25(4)37(30(26)23-51-33(46)13-11-9-7-2)52-39(48)29-21-44(27-14-15-27)34-28(36(29)47)18-31(40)35(38(34)49-5)43-17-16-41-24(3)20-43;3-2(4,5)1(6)7/h1-2,18-19,21,24,27,41H,8-17,20,22-23H2,3-5H3;(H,6,7). The van der Waals surface area contributed by atoms with E-state index in [1.807, 2.05) is 4.90 Å². The molecule has 0 spiro atoms. The van der Waals surface area contributed by atoms with E-state index < -0.39 is 41.3 Å². The first kappa shape index (κ1) is 45.6. The van der Waals surface area contributed by atoms with Gasteiger partial charge in [0.05, 0.1) is 43.3 Å². The average Bonchev–Trinajstić information content (AvgIpc) is 4.03. The minimum atomic E-state index is -5.19.